The van der Waals surface area contributed by atoms with Crippen LogP contribution in [-0.2, 0) is 23.7 Å². The Morgan fingerprint density at radius 3 is 2.47 bits per heavy atom. The fourth-order valence-corrected chi connectivity index (χ4v) is 3.79. The molecule has 1 heterocycles. The number of primary amides is 1. The fraction of sp³-hybridized carbons (Fsp3) is 0.261. The third-order valence-electron chi connectivity index (χ3n) is 5.36. The molecular formula is C23H24F4N6O4S. The molecular weight excluding hydrogens is 532 g/mol. The smallest absolute Gasteiger partial charge is 0.421 e. The minimum atomic E-state index is -4.79. The second-order valence-corrected chi connectivity index (χ2v) is 9.14. The van der Waals surface area contributed by atoms with E-state index in [1.807, 2.05) is 0 Å². The van der Waals surface area contributed by atoms with Gasteiger partial charge in [0.05, 0.1) is 31.2 Å². The van der Waals surface area contributed by atoms with Crippen molar-refractivity contribution in [2.75, 3.05) is 42.5 Å². The second kappa shape index (κ2) is 11.5. The van der Waals surface area contributed by atoms with E-state index in [2.05, 4.69) is 20.6 Å². The number of carbonyl (C=O) groups excluding carboxylic acids is 1. The number of benzene rings is 2. The molecule has 15 heteroatoms. The number of halogens is 4. The van der Waals surface area contributed by atoms with Crippen LogP contribution < -0.4 is 30.1 Å². The van der Waals surface area contributed by atoms with Crippen molar-refractivity contribution in [2.45, 2.75) is 12.7 Å². The Morgan fingerprint density at radius 2 is 1.89 bits per heavy atom. The Morgan fingerprint density at radius 1 is 1.18 bits per heavy atom. The Hall–Kier alpha value is -4.14. The van der Waals surface area contributed by atoms with Crippen LogP contribution in [0, 0.1) is 5.82 Å². The van der Waals surface area contributed by atoms with E-state index in [9.17, 15) is 26.6 Å². The van der Waals surface area contributed by atoms with E-state index in [4.69, 9.17) is 15.2 Å². The summed E-state index contributed by atoms with van der Waals surface area (Å²) in [6.45, 7) is -0.133. The molecule has 10 nitrogen and oxygen atoms in total. The largest absolute Gasteiger partial charge is 0.497 e. The van der Waals surface area contributed by atoms with Gasteiger partial charge in [0.25, 0.3) is 5.91 Å². The molecule has 3 rings (SSSR count). The lowest BCUT2D eigenvalue weighted by Gasteiger charge is -2.21. The minimum absolute atomic E-state index is 0.0170. The van der Waals surface area contributed by atoms with Crippen LogP contribution in [0.3, 0.4) is 0 Å². The van der Waals surface area contributed by atoms with E-state index in [0.717, 1.165) is 12.1 Å². The summed E-state index contributed by atoms with van der Waals surface area (Å²) in [7, 11) is 2.84. The number of aromatic nitrogens is 2. The van der Waals surface area contributed by atoms with Crippen LogP contribution in [0.2, 0.25) is 0 Å². The normalized spacial score (nSPS) is 12.0. The van der Waals surface area contributed by atoms with Crippen molar-refractivity contribution in [3.8, 4) is 11.5 Å². The summed E-state index contributed by atoms with van der Waals surface area (Å²) < 4.78 is 79.3. The molecule has 2 aromatic carbocycles. The third kappa shape index (κ3) is 6.40. The van der Waals surface area contributed by atoms with E-state index in [1.165, 1.54) is 24.8 Å². The first-order chi connectivity index (χ1) is 17.8. The summed E-state index contributed by atoms with van der Waals surface area (Å²) in [5.74, 6) is -2.43. The van der Waals surface area contributed by atoms with Gasteiger partial charge in [-0.05, 0) is 17.7 Å². The molecule has 0 aliphatic heterocycles. The maximum absolute atomic E-state index is 14.3. The predicted molar refractivity (Wildman–Crippen MR) is 135 cm³/mol. The number of alkyl halides is 3. The highest BCUT2D eigenvalue weighted by Crippen LogP contribution is 2.36. The van der Waals surface area contributed by atoms with Gasteiger partial charge in [-0.1, -0.05) is 6.07 Å². The van der Waals surface area contributed by atoms with Gasteiger partial charge < -0.3 is 25.8 Å². The molecule has 0 saturated heterocycles. The van der Waals surface area contributed by atoms with Crippen molar-refractivity contribution in [3.05, 3.63) is 59.0 Å². The maximum atomic E-state index is 14.3. The van der Waals surface area contributed by atoms with Gasteiger partial charge in [0.2, 0.25) is 5.95 Å². The van der Waals surface area contributed by atoms with Crippen molar-refractivity contribution in [2.24, 2.45) is 5.73 Å². The van der Waals surface area contributed by atoms with E-state index >= 15 is 0 Å². The molecule has 1 unspecified atom stereocenters. The SMILES string of the molecule is COc1ccc(CNc2nc(Nc3cc(F)c(C(N)=O)cc3OC)ncc2C(F)(F)F)c(N(C)S(C)=O)c1. The summed E-state index contributed by atoms with van der Waals surface area (Å²) in [4.78, 5) is 19.0. The van der Waals surface area contributed by atoms with Crippen LogP contribution in [0.15, 0.2) is 36.5 Å². The molecule has 0 radical (unpaired) electrons. The molecule has 4 N–H and O–H groups in total. The highest BCUT2D eigenvalue weighted by molar-refractivity contribution is 7.85. The summed E-state index contributed by atoms with van der Waals surface area (Å²) in [5, 5.41) is 5.25. The molecule has 0 saturated carbocycles. The predicted octanol–water partition coefficient (Wildman–Crippen LogP) is 3.84. The highest BCUT2D eigenvalue weighted by atomic mass is 32.2. The van der Waals surface area contributed by atoms with Crippen LogP contribution in [-0.4, -0.2) is 47.6 Å². The van der Waals surface area contributed by atoms with E-state index in [-0.39, 0.29) is 23.9 Å². The highest BCUT2D eigenvalue weighted by Gasteiger charge is 2.35. The van der Waals surface area contributed by atoms with Crippen molar-refractivity contribution in [1.82, 2.24) is 9.97 Å². The van der Waals surface area contributed by atoms with Crippen LogP contribution in [0.5, 0.6) is 11.5 Å². The number of nitrogens with one attached hydrogen (secondary N) is 2. The second-order valence-electron chi connectivity index (χ2n) is 7.74. The molecule has 1 aromatic heterocycles. The van der Waals surface area contributed by atoms with Gasteiger partial charge in [0.1, 0.15) is 39.7 Å². The number of ether oxygens (including phenoxy) is 2. The fourth-order valence-electron chi connectivity index (χ4n) is 3.34. The zero-order valence-corrected chi connectivity index (χ0v) is 21.5. The summed E-state index contributed by atoms with van der Waals surface area (Å²) >= 11 is 0. The lowest BCUT2D eigenvalue weighted by atomic mass is 10.1. The number of nitrogens with two attached hydrogens (primary N) is 1. The Balaban J connectivity index is 1.98. The van der Waals surface area contributed by atoms with Gasteiger partial charge in [-0.15, -0.1) is 0 Å². The molecule has 1 atom stereocenters. The van der Waals surface area contributed by atoms with Crippen molar-refractivity contribution in [1.29, 1.82) is 0 Å². The lowest BCUT2D eigenvalue weighted by Crippen LogP contribution is -2.21. The Labute approximate surface area is 217 Å². The molecule has 204 valence electrons. The standard InChI is InChI=1S/C23H24F4N6O4S/c1-33(38(4)35)18-7-13(36-2)6-5-12(18)10-29-21-15(23(25,26)27)11-30-22(32-21)31-17-9-16(24)14(20(28)34)8-19(17)37-3/h5-9,11H,10H2,1-4H3,(H2,28,34)(H2,29,30,31,32). The summed E-state index contributed by atoms with van der Waals surface area (Å²) in [6.07, 6.45) is -2.77. The summed E-state index contributed by atoms with van der Waals surface area (Å²) in [6, 6.07) is 6.76. The van der Waals surface area contributed by atoms with Crippen LogP contribution in [0.25, 0.3) is 0 Å². The number of hydrogen-bond acceptors (Lipinski definition) is 8. The average molecular weight is 557 g/mol. The molecule has 0 aliphatic rings. The van der Waals surface area contributed by atoms with Gasteiger partial charge >= 0.3 is 6.18 Å². The molecule has 0 spiro atoms. The number of amides is 1. The first-order valence-electron chi connectivity index (χ1n) is 10.7. The first kappa shape index (κ1) is 28.4. The van der Waals surface area contributed by atoms with E-state index in [1.54, 1.807) is 25.2 Å². The molecule has 3 aromatic rings. The van der Waals surface area contributed by atoms with Gasteiger partial charge in [-0.3, -0.25) is 9.10 Å². The number of anilines is 4. The van der Waals surface area contributed by atoms with Gasteiger partial charge in [0, 0.05) is 38.2 Å². The monoisotopic (exact) mass is 556 g/mol. The molecule has 0 aliphatic carbocycles. The molecule has 1 amide bonds. The Bertz CT molecular complexity index is 1370. The molecule has 38 heavy (non-hydrogen) atoms. The molecule has 0 bridgehead atoms. The first-order valence-corrected chi connectivity index (χ1v) is 12.2. The average Bonchev–Trinajstić information content (AvgIpc) is 2.86. The number of rotatable bonds is 10. The maximum Gasteiger partial charge on any atom is 0.421 e. The van der Waals surface area contributed by atoms with Crippen LogP contribution >= 0.6 is 0 Å². The van der Waals surface area contributed by atoms with Crippen molar-refractivity contribution >= 4 is 40.0 Å². The molecule has 0 fully saturated rings. The summed E-state index contributed by atoms with van der Waals surface area (Å²) in [5.41, 5.74) is 4.49. The quantitative estimate of drug-likeness (QED) is 0.321. The number of hydrogen-bond donors (Lipinski definition) is 3. The van der Waals surface area contributed by atoms with Crippen molar-refractivity contribution in [3.63, 3.8) is 0 Å². The van der Waals surface area contributed by atoms with E-state index < -0.39 is 45.8 Å². The van der Waals surface area contributed by atoms with Gasteiger partial charge in [0.15, 0.2) is 0 Å². The number of nitrogens with zero attached hydrogens (tertiary/aromatic N) is 3. The topological polar surface area (TPSA) is 132 Å². The zero-order chi connectivity index (χ0) is 28.2. The Kier molecular flexibility index (Phi) is 8.60. The van der Waals surface area contributed by atoms with Crippen molar-refractivity contribution < 1.29 is 36.0 Å². The third-order valence-corrected chi connectivity index (χ3v) is 6.33. The number of methoxy groups -OCH3 is 2. The number of carbonyl (C=O) groups is 1. The lowest BCUT2D eigenvalue weighted by molar-refractivity contribution is -0.137. The van der Waals surface area contributed by atoms with Crippen LogP contribution in [0.4, 0.5) is 40.7 Å². The van der Waals surface area contributed by atoms with Crippen LogP contribution in [0.1, 0.15) is 21.5 Å². The van der Waals surface area contributed by atoms with E-state index in [0.29, 0.717) is 23.2 Å². The minimum Gasteiger partial charge on any atom is -0.497 e. The zero-order valence-electron chi connectivity index (χ0n) is 20.6. The van der Waals surface area contributed by atoms with Gasteiger partial charge in [-0.25, -0.2) is 13.6 Å². The van der Waals surface area contributed by atoms with Gasteiger partial charge in [-0.2, -0.15) is 18.2 Å².